The van der Waals surface area contributed by atoms with Gasteiger partial charge < -0.3 is 19.7 Å². The van der Waals surface area contributed by atoms with Crippen LogP contribution in [0.15, 0.2) is 23.8 Å². The third kappa shape index (κ3) is 5.61. The molecule has 0 aliphatic heterocycles. The summed E-state index contributed by atoms with van der Waals surface area (Å²) in [7, 11) is 0. The van der Waals surface area contributed by atoms with Crippen LogP contribution in [0.3, 0.4) is 0 Å². The quantitative estimate of drug-likeness (QED) is 0.261. The molecule has 2 unspecified atom stereocenters. The third-order valence-corrected chi connectivity index (χ3v) is 3.52. The maximum atomic E-state index is 12.3. The van der Waals surface area contributed by atoms with E-state index in [0.717, 1.165) is 0 Å². The average molecular weight is 336 g/mol. The summed E-state index contributed by atoms with van der Waals surface area (Å²) in [6.45, 7) is 7.16. The highest BCUT2D eigenvalue weighted by atomic mass is 16.6. The van der Waals surface area contributed by atoms with Crippen molar-refractivity contribution < 1.29 is 29.3 Å². The average Bonchev–Trinajstić information content (AvgIpc) is 2.55. The van der Waals surface area contributed by atoms with Gasteiger partial charge in [0.2, 0.25) is 0 Å². The van der Waals surface area contributed by atoms with Crippen molar-refractivity contribution in [2.75, 3.05) is 0 Å². The van der Waals surface area contributed by atoms with E-state index >= 15 is 0 Å². The molecule has 24 heavy (non-hydrogen) atoms. The predicted molar refractivity (Wildman–Crippen MR) is 89.4 cm³/mol. The summed E-state index contributed by atoms with van der Waals surface area (Å²) in [5.74, 6) is -2.22. The van der Waals surface area contributed by atoms with E-state index < -0.39 is 11.9 Å². The zero-order chi connectivity index (χ0) is 18.3. The molecule has 0 aliphatic carbocycles. The van der Waals surface area contributed by atoms with Crippen LogP contribution in [-0.4, -0.2) is 34.4 Å². The summed E-state index contributed by atoms with van der Waals surface area (Å²) in [4.78, 5) is 24.6. The molecule has 0 heterocycles. The Labute approximate surface area is 141 Å². The van der Waals surface area contributed by atoms with Crippen LogP contribution in [0, 0.1) is 0 Å². The van der Waals surface area contributed by atoms with Crippen molar-refractivity contribution in [3.05, 3.63) is 29.3 Å². The van der Waals surface area contributed by atoms with E-state index in [2.05, 4.69) is 0 Å². The Morgan fingerprint density at radius 1 is 1.00 bits per heavy atom. The minimum absolute atomic E-state index is 0.263. The topological polar surface area (TPSA) is 93.1 Å². The number of hydrogen-bond acceptors (Lipinski definition) is 6. The van der Waals surface area contributed by atoms with Gasteiger partial charge in [-0.25, -0.2) is 9.59 Å². The van der Waals surface area contributed by atoms with Crippen molar-refractivity contribution in [3.8, 4) is 11.5 Å². The minimum atomic E-state index is -0.787. The summed E-state index contributed by atoms with van der Waals surface area (Å²) in [5, 5.41) is 18.9. The molecule has 0 bridgehead atoms. The van der Waals surface area contributed by atoms with Crippen molar-refractivity contribution >= 4 is 18.0 Å². The molecule has 0 spiro atoms. The third-order valence-electron chi connectivity index (χ3n) is 3.52. The molecule has 6 nitrogen and oxygen atoms in total. The van der Waals surface area contributed by atoms with E-state index in [4.69, 9.17) is 9.47 Å². The molecular weight excluding hydrogens is 312 g/mol. The molecule has 2 atom stereocenters. The van der Waals surface area contributed by atoms with Gasteiger partial charge in [0.25, 0.3) is 0 Å². The molecule has 0 aromatic heterocycles. The zero-order valence-corrected chi connectivity index (χ0v) is 14.4. The first kappa shape index (κ1) is 19.5. The van der Waals surface area contributed by atoms with E-state index in [1.807, 2.05) is 13.8 Å². The molecule has 0 saturated carbocycles. The van der Waals surface area contributed by atoms with Crippen molar-refractivity contribution in [2.24, 2.45) is 0 Å². The Morgan fingerprint density at radius 3 is 1.92 bits per heavy atom. The van der Waals surface area contributed by atoms with Gasteiger partial charge in [-0.3, -0.25) is 0 Å². The Morgan fingerprint density at radius 2 is 1.50 bits per heavy atom. The van der Waals surface area contributed by atoms with Crippen LogP contribution in [0.5, 0.6) is 11.5 Å². The van der Waals surface area contributed by atoms with Crippen molar-refractivity contribution in [1.82, 2.24) is 0 Å². The molecule has 0 aliphatic rings. The monoisotopic (exact) mass is 336 g/mol. The van der Waals surface area contributed by atoms with Gasteiger partial charge in [0.15, 0.2) is 11.5 Å². The summed E-state index contributed by atoms with van der Waals surface area (Å²) in [5.41, 5.74) is 0.100. The first-order valence-corrected chi connectivity index (χ1v) is 7.94. The van der Waals surface area contributed by atoms with Gasteiger partial charge in [-0.15, -0.1) is 0 Å². The van der Waals surface area contributed by atoms with Crippen LogP contribution in [0.25, 0.3) is 6.08 Å². The molecule has 1 rings (SSSR count). The number of phenols is 2. The molecule has 1 aromatic carbocycles. The van der Waals surface area contributed by atoms with E-state index in [0.29, 0.717) is 18.4 Å². The first-order chi connectivity index (χ1) is 11.3. The van der Waals surface area contributed by atoms with Gasteiger partial charge >= 0.3 is 11.9 Å². The lowest BCUT2D eigenvalue weighted by Crippen LogP contribution is -2.24. The predicted octanol–water partition coefficient (Wildman–Crippen LogP) is 3.16. The second-order valence-electron chi connectivity index (χ2n) is 5.55. The number of esters is 2. The fourth-order valence-electron chi connectivity index (χ4n) is 1.66. The van der Waals surface area contributed by atoms with Gasteiger partial charge in [-0.1, -0.05) is 19.9 Å². The lowest BCUT2D eigenvalue weighted by Gasteiger charge is -2.15. The summed E-state index contributed by atoms with van der Waals surface area (Å²) < 4.78 is 10.4. The number of benzene rings is 1. The summed E-state index contributed by atoms with van der Waals surface area (Å²) in [6.07, 6.45) is 1.81. The molecule has 2 N–H and O–H groups in total. The van der Waals surface area contributed by atoms with E-state index in [1.165, 1.54) is 24.3 Å². The second-order valence-corrected chi connectivity index (χ2v) is 5.55. The summed E-state index contributed by atoms with van der Waals surface area (Å²) in [6, 6.07) is 3.96. The number of hydrogen-bond donors (Lipinski definition) is 2. The highest BCUT2D eigenvalue weighted by molar-refractivity contribution is 6.17. The Bertz CT molecular complexity index is 594. The molecule has 0 amide bonds. The maximum Gasteiger partial charge on any atom is 0.345 e. The highest BCUT2D eigenvalue weighted by Crippen LogP contribution is 2.26. The number of aromatic hydroxyl groups is 2. The molecule has 0 radical (unpaired) electrons. The zero-order valence-electron chi connectivity index (χ0n) is 14.4. The maximum absolute atomic E-state index is 12.3. The van der Waals surface area contributed by atoms with Gasteiger partial charge in [0.1, 0.15) is 5.57 Å². The van der Waals surface area contributed by atoms with Gasteiger partial charge in [0.05, 0.1) is 12.2 Å². The lowest BCUT2D eigenvalue weighted by molar-refractivity contribution is -0.151. The van der Waals surface area contributed by atoms with Gasteiger partial charge in [-0.05, 0) is 50.5 Å². The molecule has 0 fully saturated rings. The fraction of sp³-hybridized carbons (Fsp3) is 0.444. The van der Waals surface area contributed by atoms with Crippen molar-refractivity contribution in [1.29, 1.82) is 0 Å². The number of carbonyl (C=O) groups is 2. The normalized spacial score (nSPS) is 12.8. The second kappa shape index (κ2) is 8.96. The van der Waals surface area contributed by atoms with Crippen LogP contribution >= 0.6 is 0 Å². The minimum Gasteiger partial charge on any atom is -0.504 e. The first-order valence-electron chi connectivity index (χ1n) is 7.94. The Hall–Kier alpha value is -2.50. The number of rotatable bonds is 7. The number of phenolic OH excluding ortho intramolecular Hbond substituents is 2. The van der Waals surface area contributed by atoms with E-state index in [9.17, 15) is 19.8 Å². The lowest BCUT2D eigenvalue weighted by atomic mass is 10.1. The van der Waals surface area contributed by atoms with Crippen molar-refractivity contribution in [2.45, 2.75) is 52.7 Å². The highest BCUT2D eigenvalue weighted by Gasteiger charge is 2.24. The van der Waals surface area contributed by atoms with Crippen molar-refractivity contribution in [3.63, 3.8) is 0 Å². The van der Waals surface area contributed by atoms with Crippen LogP contribution in [0.4, 0.5) is 0 Å². The molecule has 6 heteroatoms. The molecular formula is C18H24O6. The summed E-state index contributed by atoms with van der Waals surface area (Å²) >= 11 is 0. The Kier molecular flexibility index (Phi) is 7.30. The van der Waals surface area contributed by atoms with E-state index in [-0.39, 0.29) is 29.3 Å². The number of carbonyl (C=O) groups excluding carboxylic acids is 2. The number of ether oxygens (including phenoxy) is 2. The van der Waals surface area contributed by atoms with Crippen LogP contribution in [-0.2, 0) is 19.1 Å². The fourth-order valence-corrected chi connectivity index (χ4v) is 1.66. The Balaban J connectivity index is 3.15. The standard InChI is InChI=1S/C18H24O6/c1-5-11(3)23-17(21)14(18(22)24-12(4)6-2)9-13-7-8-15(19)16(20)10-13/h7-12,19-20H,5-6H2,1-4H3. The largest absolute Gasteiger partial charge is 0.504 e. The van der Waals surface area contributed by atoms with Crippen LogP contribution in [0.1, 0.15) is 46.1 Å². The molecule has 0 saturated heterocycles. The molecule has 132 valence electrons. The van der Waals surface area contributed by atoms with Gasteiger partial charge in [0, 0.05) is 0 Å². The van der Waals surface area contributed by atoms with Crippen LogP contribution in [0.2, 0.25) is 0 Å². The smallest absolute Gasteiger partial charge is 0.345 e. The SMILES string of the molecule is CCC(C)OC(=O)C(=Cc1ccc(O)c(O)c1)C(=O)OC(C)CC. The van der Waals surface area contributed by atoms with E-state index in [1.54, 1.807) is 13.8 Å². The van der Waals surface area contributed by atoms with Gasteiger partial charge in [-0.2, -0.15) is 0 Å². The van der Waals surface area contributed by atoms with Crippen LogP contribution < -0.4 is 0 Å². The molecule has 1 aromatic rings.